The van der Waals surface area contributed by atoms with Crippen LogP contribution in [-0.4, -0.2) is 35.6 Å². The zero-order chi connectivity index (χ0) is 17.6. The minimum Gasteiger partial charge on any atom is -0.325 e. The minimum atomic E-state index is -1.46. The molecule has 1 heterocycles. The number of hydrogen-bond acceptors (Lipinski definition) is 5. The van der Waals surface area contributed by atoms with E-state index in [2.05, 4.69) is 20.8 Å². The molecule has 3 rings (SSSR count). The quantitative estimate of drug-likeness (QED) is 0.730. The highest BCUT2D eigenvalue weighted by molar-refractivity contribution is 7.85. The standard InChI is InChI=1S/C17H17N5O2S/c1-13(17(23)18-14-8-4-2-5-9-14)25(24)12-16-19-20-21-22(16)15-10-6-3-7-11-15/h2-11,13H,12H2,1H3,(H,18,23)/t13-,25+/m0/s1. The van der Waals surface area contributed by atoms with E-state index < -0.39 is 16.0 Å². The van der Waals surface area contributed by atoms with Crippen LogP contribution >= 0.6 is 0 Å². The molecule has 2 atom stereocenters. The largest absolute Gasteiger partial charge is 0.325 e. The first-order chi connectivity index (χ1) is 12.1. The van der Waals surface area contributed by atoms with Gasteiger partial charge >= 0.3 is 0 Å². The zero-order valence-electron chi connectivity index (χ0n) is 13.6. The molecule has 25 heavy (non-hydrogen) atoms. The summed E-state index contributed by atoms with van der Waals surface area (Å²) < 4.78 is 14.1. The number of aromatic nitrogens is 4. The van der Waals surface area contributed by atoms with Crippen molar-refractivity contribution < 1.29 is 9.00 Å². The molecule has 0 aliphatic carbocycles. The van der Waals surface area contributed by atoms with E-state index in [1.54, 1.807) is 19.1 Å². The van der Waals surface area contributed by atoms with Gasteiger partial charge in [-0.15, -0.1) is 5.10 Å². The smallest absolute Gasteiger partial charge is 0.239 e. The van der Waals surface area contributed by atoms with E-state index in [4.69, 9.17) is 0 Å². The summed E-state index contributed by atoms with van der Waals surface area (Å²) in [6.07, 6.45) is 0. The molecule has 0 fully saturated rings. The first kappa shape index (κ1) is 17.0. The normalized spacial score (nSPS) is 13.2. The van der Waals surface area contributed by atoms with Gasteiger partial charge in [0.25, 0.3) is 0 Å². The van der Waals surface area contributed by atoms with Gasteiger partial charge in [-0.1, -0.05) is 36.4 Å². The average Bonchev–Trinajstić information content (AvgIpc) is 3.10. The van der Waals surface area contributed by atoms with Gasteiger partial charge in [-0.3, -0.25) is 9.00 Å². The summed E-state index contributed by atoms with van der Waals surface area (Å²) in [4.78, 5) is 12.3. The molecule has 0 unspecified atom stereocenters. The van der Waals surface area contributed by atoms with Crippen molar-refractivity contribution in [3.63, 3.8) is 0 Å². The van der Waals surface area contributed by atoms with E-state index in [0.717, 1.165) is 5.69 Å². The van der Waals surface area contributed by atoms with Gasteiger partial charge < -0.3 is 5.32 Å². The number of carbonyl (C=O) groups excluding carboxylic acids is 1. The van der Waals surface area contributed by atoms with E-state index in [1.165, 1.54) is 4.68 Å². The Morgan fingerprint density at radius 1 is 1.12 bits per heavy atom. The summed E-state index contributed by atoms with van der Waals surface area (Å²) in [5.41, 5.74) is 1.45. The van der Waals surface area contributed by atoms with E-state index in [-0.39, 0.29) is 11.7 Å². The summed E-state index contributed by atoms with van der Waals surface area (Å²) in [5.74, 6) is 0.234. The summed E-state index contributed by atoms with van der Waals surface area (Å²) >= 11 is 0. The van der Waals surface area contributed by atoms with Crippen LogP contribution in [0.2, 0.25) is 0 Å². The highest BCUT2D eigenvalue weighted by Crippen LogP contribution is 2.12. The van der Waals surface area contributed by atoms with Crippen LogP contribution in [0.1, 0.15) is 12.7 Å². The number of rotatable bonds is 6. The summed E-state index contributed by atoms with van der Waals surface area (Å²) in [6, 6.07) is 18.4. The third-order valence-electron chi connectivity index (χ3n) is 3.61. The number of para-hydroxylation sites is 2. The van der Waals surface area contributed by atoms with Gasteiger partial charge in [0.15, 0.2) is 5.82 Å². The van der Waals surface area contributed by atoms with Crippen LogP contribution in [-0.2, 0) is 21.3 Å². The molecule has 8 heteroatoms. The topological polar surface area (TPSA) is 89.8 Å². The summed E-state index contributed by atoms with van der Waals surface area (Å²) in [7, 11) is -1.46. The fraction of sp³-hybridized carbons (Fsp3) is 0.176. The highest BCUT2D eigenvalue weighted by atomic mass is 32.2. The third kappa shape index (κ3) is 4.16. The van der Waals surface area contributed by atoms with Crippen LogP contribution < -0.4 is 5.32 Å². The maximum atomic E-state index is 12.6. The molecule has 0 radical (unpaired) electrons. The number of nitrogens with one attached hydrogen (secondary N) is 1. The lowest BCUT2D eigenvalue weighted by atomic mass is 10.3. The second-order valence-corrected chi connectivity index (χ2v) is 7.12. The Balaban J connectivity index is 1.68. The number of benzene rings is 2. The van der Waals surface area contributed by atoms with Crippen molar-refractivity contribution in [2.75, 3.05) is 5.32 Å². The monoisotopic (exact) mass is 355 g/mol. The molecule has 7 nitrogen and oxygen atoms in total. The van der Waals surface area contributed by atoms with Gasteiger partial charge in [0.2, 0.25) is 5.91 Å². The van der Waals surface area contributed by atoms with Crippen LogP contribution in [0.5, 0.6) is 0 Å². The van der Waals surface area contributed by atoms with Crippen LogP contribution in [0.3, 0.4) is 0 Å². The number of hydrogen-bond donors (Lipinski definition) is 1. The van der Waals surface area contributed by atoms with Crippen molar-refractivity contribution in [3.05, 3.63) is 66.5 Å². The van der Waals surface area contributed by atoms with Crippen molar-refractivity contribution in [2.24, 2.45) is 0 Å². The SMILES string of the molecule is C[C@@H](C(=O)Nc1ccccc1)[S@](=O)Cc1nnnn1-c1ccccc1. The van der Waals surface area contributed by atoms with E-state index in [1.807, 2.05) is 48.5 Å². The van der Waals surface area contributed by atoms with Crippen LogP contribution in [0.4, 0.5) is 5.69 Å². The predicted octanol–water partition coefficient (Wildman–Crippen LogP) is 1.94. The summed E-state index contributed by atoms with van der Waals surface area (Å²) in [5, 5.41) is 13.6. The van der Waals surface area contributed by atoms with Gasteiger partial charge in [0.1, 0.15) is 5.25 Å². The highest BCUT2D eigenvalue weighted by Gasteiger charge is 2.22. The second-order valence-electron chi connectivity index (χ2n) is 5.37. The molecule has 3 aromatic rings. The van der Waals surface area contributed by atoms with E-state index in [0.29, 0.717) is 11.5 Å². The Hall–Kier alpha value is -2.87. The van der Waals surface area contributed by atoms with Gasteiger partial charge in [-0.2, -0.15) is 4.68 Å². The molecule has 0 aliphatic rings. The van der Waals surface area contributed by atoms with E-state index in [9.17, 15) is 9.00 Å². The fourth-order valence-electron chi connectivity index (χ4n) is 2.20. The molecule has 1 N–H and O–H groups in total. The third-order valence-corrected chi connectivity index (χ3v) is 5.16. The second kappa shape index (κ2) is 7.80. The predicted molar refractivity (Wildman–Crippen MR) is 95.5 cm³/mol. The molecule has 0 saturated carbocycles. The molecular formula is C17H17N5O2S. The number of nitrogens with zero attached hydrogens (tertiary/aromatic N) is 4. The number of amides is 1. The molecule has 0 aliphatic heterocycles. The molecular weight excluding hydrogens is 338 g/mol. The lowest BCUT2D eigenvalue weighted by molar-refractivity contribution is -0.115. The Labute approximate surface area is 147 Å². The van der Waals surface area contributed by atoms with Gasteiger partial charge in [-0.05, 0) is 41.6 Å². The molecule has 0 bridgehead atoms. The number of anilines is 1. The first-order valence-corrected chi connectivity index (χ1v) is 9.09. The lowest BCUT2D eigenvalue weighted by Crippen LogP contribution is -2.30. The van der Waals surface area contributed by atoms with Crippen LogP contribution in [0.25, 0.3) is 5.69 Å². The van der Waals surface area contributed by atoms with Crippen molar-refractivity contribution in [3.8, 4) is 5.69 Å². The molecule has 1 aromatic heterocycles. The number of tetrazole rings is 1. The Bertz CT molecular complexity index is 867. The van der Waals surface area contributed by atoms with Crippen molar-refractivity contribution in [2.45, 2.75) is 17.9 Å². The number of carbonyl (C=O) groups is 1. The van der Waals surface area contributed by atoms with Gasteiger partial charge in [-0.25, -0.2) is 0 Å². The summed E-state index contributed by atoms with van der Waals surface area (Å²) in [6.45, 7) is 1.63. The Kier molecular flexibility index (Phi) is 5.30. The average molecular weight is 355 g/mol. The Morgan fingerprint density at radius 3 is 2.44 bits per heavy atom. The molecule has 128 valence electrons. The van der Waals surface area contributed by atoms with Crippen molar-refractivity contribution in [1.29, 1.82) is 0 Å². The molecule has 0 saturated heterocycles. The van der Waals surface area contributed by atoms with E-state index >= 15 is 0 Å². The fourth-order valence-corrected chi connectivity index (χ4v) is 3.18. The van der Waals surface area contributed by atoms with Crippen LogP contribution in [0, 0.1) is 0 Å². The molecule has 1 amide bonds. The van der Waals surface area contributed by atoms with Crippen molar-refractivity contribution in [1.82, 2.24) is 20.2 Å². The van der Waals surface area contributed by atoms with Crippen molar-refractivity contribution >= 4 is 22.4 Å². The zero-order valence-corrected chi connectivity index (χ0v) is 14.4. The first-order valence-electron chi connectivity index (χ1n) is 7.71. The van der Waals surface area contributed by atoms with Gasteiger partial charge in [0.05, 0.1) is 11.4 Å². The molecule has 0 spiro atoms. The molecule has 2 aromatic carbocycles. The lowest BCUT2D eigenvalue weighted by Gasteiger charge is -2.12. The van der Waals surface area contributed by atoms with Gasteiger partial charge in [0, 0.05) is 16.5 Å². The maximum Gasteiger partial charge on any atom is 0.239 e. The van der Waals surface area contributed by atoms with Crippen LogP contribution in [0.15, 0.2) is 60.7 Å². The minimum absolute atomic E-state index is 0.0886. The Morgan fingerprint density at radius 2 is 1.76 bits per heavy atom. The maximum absolute atomic E-state index is 12.6.